The van der Waals surface area contributed by atoms with Crippen molar-refractivity contribution in [3.05, 3.63) is 29.8 Å². The van der Waals surface area contributed by atoms with Crippen LogP contribution in [0.4, 0.5) is 0 Å². The average Bonchev–Trinajstić information content (AvgIpc) is 2.81. The molecule has 0 radical (unpaired) electrons. The summed E-state index contributed by atoms with van der Waals surface area (Å²) in [5.74, 6) is -1.94. The van der Waals surface area contributed by atoms with E-state index in [1.165, 1.54) is 6.92 Å². The fourth-order valence-electron chi connectivity index (χ4n) is 3.51. The van der Waals surface area contributed by atoms with E-state index in [4.69, 9.17) is 4.74 Å². The number of aliphatic hydroxyl groups is 1. The second kappa shape index (κ2) is 14.3. The molecular weight excluding hydrogens is 454 g/mol. The van der Waals surface area contributed by atoms with Crippen LogP contribution >= 0.6 is 0 Å². The lowest BCUT2D eigenvalue weighted by molar-refractivity contribution is -0.133. The van der Waals surface area contributed by atoms with Gasteiger partial charge in [-0.05, 0) is 59.0 Å². The molecule has 4 amide bonds. The highest BCUT2D eigenvalue weighted by Crippen LogP contribution is 2.18. The zero-order valence-corrected chi connectivity index (χ0v) is 20.6. The summed E-state index contributed by atoms with van der Waals surface area (Å²) in [6.07, 6.45) is 0.488. The minimum Gasteiger partial charge on any atom is -0.493 e. The zero-order chi connectivity index (χ0) is 25.8. The number of carbonyl (C=O) groups excluding carboxylic acids is 4. The van der Waals surface area contributed by atoms with Crippen LogP contribution in [0, 0.1) is 0 Å². The molecule has 1 aliphatic heterocycles. The lowest BCUT2D eigenvalue weighted by Crippen LogP contribution is -2.55. The minimum atomic E-state index is -1.20. The molecule has 11 nitrogen and oxygen atoms in total. The highest BCUT2D eigenvalue weighted by atomic mass is 16.5. The quantitative estimate of drug-likeness (QED) is 0.320. The predicted octanol–water partition coefficient (Wildman–Crippen LogP) is -0.603. The Morgan fingerprint density at radius 3 is 2.66 bits per heavy atom. The molecule has 0 aromatic heterocycles. The van der Waals surface area contributed by atoms with E-state index >= 15 is 0 Å². The molecule has 2 rings (SSSR count). The van der Waals surface area contributed by atoms with E-state index in [2.05, 4.69) is 21.3 Å². The lowest BCUT2D eigenvalue weighted by atomic mass is 10.1. The summed E-state index contributed by atoms with van der Waals surface area (Å²) in [7, 11) is 3.93. The molecule has 1 aromatic rings. The Kier molecular flexibility index (Phi) is 11.4. The number of nitrogens with one attached hydrogen (secondary N) is 4. The molecule has 0 aliphatic carbocycles. The van der Waals surface area contributed by atoms with E-state index in [9.17, 15) is 24.3 Å². The Morgan fingerprint density at radius 1 is 1.20 bits per heavy atom. The molecule has 0 unspecified atom stereocenters. The molecule has 35 heavy (non-hydrogen) atoms. The van der Waals surface area contributed by atoms with Crippen molar-refractivity contribution >= 4 is 23.6 Å². The van der Waals surface area contributed by atoms with Crippen molar-refractivity contribution in [2.75, 3.05) is 40.3 Å². The summed E-state index contributed by atoms with van der Waals surface area (Å²) in [6, 6.07) is 4.23. The Morgan fingerprint density at radius 2 is 1.94 bits per heavy atom. The first kappa shape index (κ1) is 28.1. The fourth-order valence-corrected chi connectivity index (χ4v) is 3.51. The SMILES string of the molecule is C[C@@H](O)[C@@H]1NC(=O)C[C@@H](C(=O)NCCCCN(C)C)NC(=O)c2ccccc2OCCCNC1=O. The smallest absolute Gasteiger partial charge is 0.255 e. The molecule has 0 saturated carbocycles. The number of unbranched alkanes of at least 4 members (excludes halogenated alkanes) is 1. The van der Waals surface area contributed by atoms with Crippen LogP contribution in [0.3, 0.4) is 0 Å². The molecule has 0 saturated heterocycles. The number of carbonyl (C=O) groups is 4. The van der Waals surface area contributed by atoms with Crippen LogP contribution in [0.5, 0.6) is 5.75 Å². The van der Waals surface area contributed by atoms with Crippen LogP contribution in [0.25, 0.3) is 0 Å². The number of ether oxygens (including phenoxy) is 1. The van der Waals surface area contributed by atoms with Crippen molar-refractivity contribution < 1.29 is 29.0 Å². The van der Waals surface area contributed by atoms with E-state index in [0.29, 0.717) is 18.7 Å². The van der Waals surface area contributed by atoms with Crippen molar-refractivity contribution in [1.29, 1.82) is 0 Å². The van der Waals surface area contributed by atoms with Gasteiger partial charge in [0, 0.05) is 13.1 Å². The van der Waals surface area contributed by atoms with Gasteiger partial charge in [-0.25, -0.2) is 0 Å². The Labute approximate surface area is 206 Å². The Balaban J connectivity index is 2.21. The molecule has 5 N–H and O–H groups in total. The normalized spacial score (nSPS) is 20.8. The lowest BCUT2D eigenvalue weighted by Gasteiger charge is -2.23. The first-order chi connectivity index (χ1) is 16.7. The van der Waals surface area contributed by atoms with Gasteiger partial charge in [0.1, 0.15) is 17.8 Å². The van der Waals surface area contributed by atoms with Gasteiger partial charge in [-0.1, -0.05) is 12.1 Å². The number of hydrogen-bond acceptors (Lipinski definition) is 7. The van der Waals surface area contributed by atoms with Crippen molar-refractivity contribution in [1.82, 2.24) is 26.2 Å². The summed E-state index contributed by atoms with van der Waals surface area (Å²) in [4.78, 5) is 53.2. The van der Waals surface area contributed by atoms with Gasteiger partial charge in [0.25, 0.3) is 5.91 Å². The van der Waals surface area contributed by atoms with Gasteiger partial charge in [0.15, 0.2) is 0 Å². The number of hydrogen-bond donors (Lipinski definition) is 5. The number of fused-ring (bicyclic) bond motifs is 1. The van der Waals surface area contributed by atoms with E-state index in [-0.39, 0.29) is 18.7 Å². The molecule has 0 bridgehead atoms. The largest absolute Gasteiger partial charge is 0.493 e. The summed E-state index contributed by atoms with van der Waals surface area (Å²) >= 11 is 0. The molecule has 1 heterocycles. The highest BCUT2D eigenvalue weighted by molar-refractivity contribution is 6.01. The molecular formula is C24H37N5O6. The molecule has 1 aliphatic rings. The average molecular weight is 492 g/mol. The molecule has 1 aromatic carbocycles. The van der Waals surface area contributed by atoms with Crippen molar-refractivity contribution in [2.24, 2.45) is 0 Å². The maximum absolute atomic E-state index is 13.0. The third-order valence-corrected chi connectivity index (χ3v) is 5.43. The number of nitrogens with zero attached hydrogens (tertiary/aromatic N) is 1. The second-order valence-corrected chi connectivity index (χ2v) is 8.81. The van der Waals surface area contributed by atoms with Crippen molar-refractivity contribution in [2.45, 2.75) is 50.8 Å². The topological polar surface area (TPSA) is 149 Å². The highest BCUT2D eigenvalue weighted by Gasteiger charge is 2.30. The van der Waals surface area contributed by atoms with Crippen molar-refractivity contribution in [3.8, 4) is 5.75 Å². The number of rotatable bonds is 7. The Bertz CT molecular complexity index is 876. The third kappa shape index (κ3) is 9.53. The van der Waals surface area contributed by atoms with Crippen LogP contribution in [-0.4, -0.2) is 92.2 Å². The number of aliphatic hydroxyl groups excluding tert-OH is 1. The maximum Gasteiger partial charge on any atom is 0.255 e. The molecule has 0 spiro atoms. The zero-order valence-electron chi connectivity index (χ0n) is 20.6. The predicted molar refractivity (Wildman–Crippen MR) is 130 cm³/mol. The first-order valence-electron chi connectivity index (χ1n) is 11.9. The van der Waals surface area contributed by atoms with Crippen LogP contribution in [0.15, 0.2) is 24.3 Å². The number of benzene rings is 1. The minimum absolute atomic E-state index is 0.229. The van der Waals surface area contributed by atoms with Gasteiger partial charge >= 0.3 is 0 Å². The number of amides is 4. The molecule has 194 valence electrons. The van der Waals surface area contributed by atoms with Crippen LogP contribution in [0.2, 0.25) is 0 Å². The van der Waals surface area contributed by atoms with Crippen LogP contribution in [0.1, 0.15) is 43.0 Å². The van der Waals surface area contributed by atoms with Crippen molar-refractivity contribution in [3.63, 3.8) is 0 Å². The first-order valence-corrected chi connectivity index (χ1v) is 11.9. The number of para-hydroxylation sites is 1. The van der Waals surface area contributed by atoms with Gasteiger partial charge in [-0.2, -0.15) is 0 Å². The van der Waals surface area contributed by atoms with E-state index < -0.39 is 48.2 Å². The van der Waals surface area contributed by atoms with E-state index in [0.717, 1.165) is 19.4 Å². The monoisotopic (exact) mass is 491 g/mol. The van der Waals surface area contributed by atoms with E-state index in [1.807, 2.05) is 19.0 Å². The van der Waals surface area contributed by atoms with Crippen LogP contribution < -0.4 is 26.0 Å². The molecule has 3 atom stereocenters. The van der Waals surface area contributed by atoms with Gasteiger partial charge in [0.05, 0.1) is 24.7 Å². The summed E-state index contributed by atoms with van der Waals surface area (Å²) in [6.45, 7) is 3.13. The summed E-state index contributed by atoms with van der Waals surface area (Å²) in [5, 5.41) is 20.5. The van der Waals surface area contributed by atoms with Crippen LogP contribution in [-0.2, 0) is 14.4 Å². The van der Waals surface area contributed by atoms with Gasteiger partial charge in [-0.15, -0.1) is 0 Å². The fraction of sp³-hybridized carbons (Fsp3) is 0.583. The maximum atomic E-state index is 13.0. The second-order valence-electron chi connectivity index (χ2n) is 8.81. The molecule has 0 fully saturated rings. The van der Waals surface area contributed by atoms with Gasteiger partial charge in [0.2, 0.25) is 17.7 Å². The van der Waals surface area contributed by atoms with E-state index in [1.54, 1.807) is 24.3 Å². The van der Waals surface area contributed by atoms with Gasteiger partial charge in [-0.3, -0.25) is 19.2 Å². The van der Waals surface area contributed by atoms with Gasteiger partial charge < -0.3 is 36.0 Å². The summed E-state index contributed by atoms with van der Waals surface area (Å²) in [5.41, 5.74) is 0.234. The Hall–Kier alpha value is -3.18. The standard InChI is InChI=1S/C24H37N5O6/c1-16(30)21-24(34)26-12-8-14-35-19-10-5-4-9-17(19)22(32)27-18(15-20(31)28-21)23(33)25-11-6-7-13-29(2)3/h4-5,9-10,16,18,21,30H,6-8,11-15H2,1-3H3,(H,25,33)(H,26,34)(H,27,32)(H,28,31)/t16-,18+,21+/m1/s1. The molecule has 11 heteroatoms. The summed E-state index contributed by atoms with van der Waals surface area (Å²) < 4.78 is 5.72. The third-order valence-electron chi connectivity index (χ3n) is 5.43.